The number of fused-ring (bicyclic) bond motifs is 4. The van der Waals surface area contributed by atoms with E-state index in [9.17, 15) is 28.4 Å². The van der Waals surface area contributed by atoms with Gasteiger partial charge in [-0.1, -0.05) is 65.1 Å². The Morgan fingerprint density at radius 2 is 1.77 bits per heavy atom. The molecule has 2 aromatic rings. The molecular formula is C53H71ClF2N4O8S. The van der Waals surface area contributed by atoms with Gasteiger partial charge in [0.1, 0.15) is 35.5 Å². The van der Waals surface area contributed by atoms with Crippen molar-refractivity contribution in [3.05, 3.63) is 51.5 Å². The van der Waals surface area contributed by atoms with E-state index in [2.05, 4.69) is 39.3 Å². The van der Waals surface area contributed by atoms with E-state index in [1.165, 1.54) is 30.5 Å². The number of nitrogens with zero attached hydrogens (tertiary/aromatic N) is 3. The van der Waals surface area contributed by atoms with E-state index in [4.69, 9.17) is 31.5 Å². The first-order valence-corrected chi connectivity index (χ1v) is 26.8. The third-order valence-corrected chi connectivity index (χ3v) is 20.2. The van der Waals surface area contributed by atoms with Crippen molar-refractivity contribution in [2.45, 2.75) is 179 Å². The monoisotopic (exact) mass is 996 g/mol. The molecule has 0 amide bonds. The molecule has 1 spiro atoms. The van der Waals surface area contributed by atoms with Crippen LogP contribution in [-0.4, -0.2) is 107 Å². The van der Waals surface area contributed by atoms with Gasteiger partial charge in [-0.15, -0.1) is 18.3 Å². The van der Waals surface area contributed by atoms with Crippen molar-refractivity contribution in [3.8, 4) is 0 Å². The third-order valence-electron chi connectivity index (χ3n) is 18.6. The summed E-state index contributed by atoms with van der Waals surface area (Å²) < 4.78 is 51.2. The molecule has 4 saturated carbocycles. The molecule has 7 aliphatic rings. The lowest BCUT2D eigenvalue weighted by Gasteiger charge is -2.56. The molecule has 2 bridgehead atoms. The van der Waals surface area contributed by atoms with Gasteiger partial charge in [0.25, 0.3) is 0 Å². The fraction of sp³-hybridized carbons (Fsp3) is 0.717. The predicted octanol–water partition coefficient (Wildman–Crippen LogP) is 9.15. The summed E-state index contributed by atoms with van der Waals surface area (Å²) in [5, 5.41) is 0.0749. The minimum atomic E-state index is -1.54. The number of nitrogens with two attached hydrogens (primary N) is 1. The number of aromatic nitrogens is 1. The van der Waals surface area contributed by atoms with Gasteiger partial charge < -0.3 is 34.3 Å². The Balaban J connectivity index is 0.972. The average Bonchev–Trinajstić information content (AvgIpc) is 4.18. The molecule has 12 nitrogen and oxygen atoms in total. The van der Waals surface area contributed by atoms with Crippen molar-refractivity contribution < 1.29 is 42.2 Å². The molecule has 3 aliphatic heterocycles. The third kappa shape index (κ3) is 8.76. The second kappa shape index (κ2) is 18.5. The van der Waals surface area contributed by atoms with Gasteiger partial charge in [0, 0.05) is 83.6 Å². The van der Waals surface area contributed by atoms with Crippen LogP contribution in [0.25, 0.3) is 10.9 Å². The van der Waals surface area contributed by atoms with Crippen molar-refractivity contribution >= 4 is 63.6 Å². The Labute approximate surface area is 414 Å². The van der Waals surface area contributed by atoms with Crippen LogP contribution in [0.3, 0.4) is 0 Å². The summed E-state index contributed by atoms with van der Waals surface area (Å²) in [5.74, 6) is -3.78. The molecule has 13 atom stereocenters. The highest BCUT2D eigenvalue weighted by molar-refractivity contribution is 8.00. The summed E-state index contributed by atoms with van der Waals surface area (Å²) >= 11 is 8.61. The summed E-state index contributed by atoms with van der Waals surface area (Å²) in [6.07, 6.45) is 8.34. The molecule has 2 N–H and O–H groups in total. The molecule has 0 radical (unpaired) electrons. The smallest absolute Gasteiger partial charge is 0.347 e. The van der Waals surface area contributed by atoms with E-state index < -0.39 is 87.4 Å². The van der Waals surface area contributed by atoms with E-state index in [1.54, 1.807) is 22.7 Å². The number of halogens is 3. The number of ether oxygens (including phenoxy) is 3. The standard InChI is InChI=1S/C53H71ClF2N4O8S/c1-9-11-15-52(7)40(67-41(62)26-69-32-19-30-12-13-31(20-32)58(30)8)23-50(5,10-2)47(28(3)51(6)16-14-38(61)46(51)52)68-48(64)29(4)66-49(65)34-24-60(37-22-35(37)55)43-33(45(34)63)21-36(56)44(42(43)54)59-25-39(57)53(27-59)17-18-53/h10,21,24,28-32,35,37,39-40,46-47H,2,9,11-20,22-23,25-27,57H2,1,3-8H3/t28-,29?,30?,31?,32?,35+,37?,39-,40+,46?,47-,50+,51?,52-/m1/s1. The highest BCUT2D eigenvalue weighted by atomic mass is 35.5. The summed E-state index contributed by atoms with van der Waals surface area (Å²) in [6, 6.07) is 1.17. The van der Waals surface area contributed by atoms with E-state index in [0.29, 0.717) is 49.7 Å². The fourth-order valence-corrected chi connectivity index (χ4v) is 15.3. The number of alkyl halides is 1. The fourth-order valence-electron chi connectivity index (χ4n) is 13.8. The van der Waals surface area contributed by atoms with Gasteiger partial charge in [-0.25, -0.2) is 18.4 Å². The Hall–Kier alpha value is -3.53. The lowest BCUT2D eigenvalue weighted by atomic mass is 9.50. The number of carbonyl (C=O) groups is 4. The van der Waals surface area contributed by atoms with Crippen LogP contribution < -0.4 is 16.1 Å². The van der Waals surface area contributed by atoms with Crippen molar-refractivity contribution in [3.63, 3.8) is 0 Å². The van der Waals surface area contributed by atoms with Crippen molar-refractivity contribution in [2.24, 2.45) is 39.2 Å². The van der Waals surface area contributed by atoms with E-state index >= 15 is 4.39 Å². The molecule has 16 heteroatoms. The predicted molar refractivity (Wildman–Crippen MR) is 264 cm³/mol. The maximum Gasteiger partial charge on any atom is 0.347 e. The average molecular weight is 998 g/mol. The number of anilines is 1. The molecule has 1 aromatic carbocycles. The number of carbonyl (C=O) groups excluding carboxylic acids is 4. The maximum atomic E-state index is 16.1. The molecule has 1 aromatic heterocycles. The molecule has 4 heterocycles. The number of ketones is 1. The lowest BCUT2D eigenvalue weighted by molar-refractivity contribution is -0.196. The zero-order valence-corrected chi connectivity index (χ0v) is 42.9. The van der Waals surface area contributed by atoms with E-state index in [-0.39, 0.29) is 63.4 Å². The molecule has 7 fully saturated rings. The number of esters is 3. The maximum absolute atomic E-state index is 16.1. The van der Waals surface area contributed by atoms with Crippen LogP contribution >= 0.6 is 23.4 Å². The summed E-state index contributed by atoms with van der Waals surface area (Å²) in [5.41, 5.74) is 2.71. The summed E-state index contributed by atoms with van der Waals surface area (Å²) in [7, 11) is 2.20. The zero-order valence-electron chi connectivity index (χ0n) is 41.3. The molecule has 3 saturated heterocycles. The van der Waals surface area contributed by atoms with Crippen LogP contribution in [-0.2, 0) is 28.6 Å². The SMILES string of the molecule is C=C[C@@]1(C)C[C@H](OC(=O)CSC2CC3CCC(C2)N3C)[C@@](C)(CCCC)C2C(=O)CCC2(C)[C@H](C)[C@H]1OC(=O)C(C)OC(=O)c1cn(C2C[C@@H]2F)c2c(Cl)c(N3C[C@@H](N)C4(CC4)C3)c(F)cc2c1=O. The number of hydrogen-bond acceptors (Lipinski definition) is 12. The number of pyridine rings is 1. The second-order valence-electron chi connectivity index (χ2n) is 22.9. The number of thioether (sulfide) groups is 1. The minimum absolute atomic E-state index is 0.0674. The number of piperidine rings is 1. The van der Waals surface area contributed by atoms with Crippen molar-refractivity contribution in [2.75, 3.05) is 30.8 Å². The van der Waals surface area contributed by atoms with Crippen LogP contribution in [0.2, 0.25) is 5.02 Å². The highest BCUT2D eigenvalue weighted by Crippen LogP contribution is 2.63. The Kier molecular flexibility index (Phi) is 13.5. The second-order valence-corrected chi connectivity index (χ2v) is 24.6. The van der Waals surface area contributed by atoms with Crippen LogP contribution in [0.4, 0.5) is 14.5 Å². The first-order valence-electron chi connectivity index (χ1n) is 25.4. The molecular weight excluding hydrogens is 926 g/mol. The topological polar surface area (TPSA) is 150 Å². The van der Waals surface area contributed by atoms with E-state index in [0.717, 1.165) is 44.6 Å². The molecule has 9 rings (SSSR count). The normalized spacial score (nSPS) is 37.3. The Morgan fingerprint density at radius 1 is 1.09 bits per heavy atom. The number of rotatable bonds is 14. The van der Waals surface area contributed by atoms with Gasteiger partial charge in [-0.3, -0.25) is 14.4 Å². The van der Waals surface area contributed by atoms with Crippen LogP contribution in [0, 0.1) is 39.3 Å². The quantitative estimate of drug-likeness (QED) is 0.109. The molecule has 378 valence electrons. The van der Waals surface area contributed by atoms with Gasteiger partial charge in [0.2, 0.25) is 5.43 Å². The van der Waals surface area contributed by atoms with Crippen LogP contribution in [0.15, 0.2) is 29.7 Å². The number of Topliss-reactive ketones (excluding diaryl/α,β-unsaturated/α-hetero) is 1. The lowest BCUT2D eigenvalue weighted by Crippen LogP contribution is -2.59. The largest absolute Gasteiger partial charge is 0.461 e. The van der Waals surface area contributed by atoms with Gasteiger partial charge in [-0.05, 0) is 83.2 Å². The summed E-state index contributed by atoms with van der Waals surface area (Å²) in [6.45, 7) is 16.7. The number of unbranched alkanes of at least 4 members (excludes halogenated alkanes) is 1. The Bertz CT molecular complexity index is 2470. The van der Waals surface area contributed by atoms with Crippen LogP contribution in [0.1, 0.15) is 141 Å². The van der Waals surface area contributed by atoms with Crippen molar-refractivity contribution in [1.82, 2.24) is 9.47 Å². The first-order chi connectivity index (χ1) is 32.6. The number of hydrogen-bond donors (Lipinski definition) is 1. The van der Waals surface area contributed by atoms with Gasteiger partial charge in [0.15, 0.2) is 6.10 Å². The zero-order chi connectivity index (χ0) is 49.7. The van der Waals surface area contributed by atoms with Gasteiger partial charge in [-0.2, -0.15) is 0 Å². The minimum Gasteiger partial charge on any atom is -0.461 e. The molecule has 4 aliphatic carbocycles. The van der Waals surface area contributed by atoms with E-state index in [1.807, 2.05) is 13.8 Å². The molecule has 6 unspecified atom stereocenters. The molecule has 69 heavy (non-hydrogen) atoms. The number of benzene rings is 1. The first kappa shape index (κ1) is 50.4. The van der Waals surface area contributed by atoms with Gasteiger partial charge in [0.05, 0.1) is 33.4 Å². The Morgan fingerprint density at radius 3 is 2.38 bits per heavy atom. The van der Waals surface area contributed by atoms with Crippen molar-refractivity contribution in [1.29, 1.82) is 0 Å². The van der Waals surface area contributed by atoms with Gasteiger partial charge >= 0.3 is 17.9 Å². The highest BCUT2D eigenvalue weighted by Gasteiger charge is 2.64. The summed E-state index contributed by atoms with van der Waals surface area (Å²) in [4.78, 5) is 75.2. The van der Waals surface area contributed by atoms with Crippen LogP contribution in [0.5, 0.6) is 0 Å².